The van der Waals surface area contributed by atoms with Crippen molar-refractivity contribution in [2.75, 3.05) is 11.4 Å². The molecule has 0 saturated carbocycles. The van der Waals surface area contributed by atoms with Gasteiger partial charge in [-0.05, 0) is 24.5 Å². The minimum Gasteiger partial charge on any atom is -0.302 e. The number of ketones is 1. The number of rotatable bonds is 3. The molecule has 0 bridgehead atoms. The van der Waals surface area contributed by atoms with Gasteiger partial charge in [0.05, 0.1) is 16.3 Å². The molecule has 2 rings (SSSR count). The zero-order valence-electron chi connectivity index (χ0n) is 10.2. The number of fused-ring (bicyclic) bond motifs is 1. The number of carbonyl (C=O) groups is 2. The average molecular weight is 270 g/mol. The molecule has 1 aliphatic heterocycles. The number of Topliss-reactive ketones (excluding diaryl/α,β-unsaturated/α-hetero) is 1. The van der Waals surface area contributed by atoms with Crippen molar-refractivity contribution in [1.29, 1.82) is 0 Å². The van der Waals surface area contributed by atoms with Crippen LogP contribution in [0.3, 0.4) is 0 Å². The fourth-order valence-electron chi connectivity index (χ4n) is 1.95. The summed E-state index contributed by atoms with van der Waals surface area (Å²) in [5.74, 6) is -1.65. The monoisotopic (exact) mass is 269 g/mol. The molecule has 1 aliphatic rings. The summed E-state index contributed by atoms with van der Waals surface area (Å²) in [7, 11) is 0. The molecular formula is C13H13ClFNO2. The van der Waals surface area contributed by atoms with Crippen molar-refractivity contribution in [2.24, 2.45) is 5.92 Å². The van der Waals surface area contributed by atoms with E-state index in [2.05, 4.69) is 0 Å². The molecule has 0 aliphatic carbocycles. The van der Waals surface area contributed by atoms with Crippen molar-refractivity contribution in [3.63, 3.8) is 0 Å². The van der Waals surface area contributed by atoms with E-state index in [4.69, 9.17) is 11.6 Å². The highest BCUT2D eigenvalue weighted by Gasteiger charge is 2.39. The molecule has 1 aromatic rings. The second-order valence-electron chi connectivity index (χ2n) is 4.72. The first-order chi connectivity index (χ1) is 8.43. The van der Waals surface area contributed by atoms with Gasteiger partial charge in [-0.25, -0.2) is 4.39 Å². The summed E-state index contributed by atoms with van der Waals surface area (Å²) < 4.78 is 13.8. The zero-order valence-corrected chi connectivity index (χ0v) is 10.9. The second-order valence-corrected chi connectivity index (χ2v) is 5.13. The van der Waals surface area contributed by atoms with E-state index in [0.717, 1.165) is 0 Å². The van der Waals surface area contributed by atoms with Crippen LogP contribution in [0.5, 0.6) is 0 Å². The number of nitrogens with zero attached hydrogens (tertiary/aromatic N) is 1. The molecule has 0 N–H and O–H groups in total. The molecule has 0 spiro atoms. The van der Waals surface area contributed by atoms with Gasteiger partial charge in [0.25, 0.3) is 11.7 Å². The van der Waals surface area contributed by atoms with Crippen molar-refractivity contribution >= 4 is 29.0 Å². The van der Waals surface area contributed by atoms with E-state index in [1.807, 2.05) is 13.8 Å². The Morgan fingerprint density at radius 2 is 2.00 bits per heavy atom. The van der Waals surface area contributed by atoms with Gasteiger partial charge >= 0.3 is 0 Å². The summed E-state index contributed by atoms with van der Waals surface area (Å²) in [5, 5.41) is 0.122. The predicted octanol–water partition coefficient (Wildman–Crippen LogP) is 3.05. The number of hydrogen-bond acceptors (Lipinski definition) is 2. The number of carbonyl (C=O) groups excluding carboxylic acids is 2. The maximum Gasteiger partial charge on any atom is 0.299 e. The van der Waals surface area contributed by atoms with Gasteiger partial charge in [0.1, 0.15) is 5.82 Å². The third kappa shape index (κ3) is 2.01. The molecule has 1 aromatic carbocycles. The summed E-state index contributed by atoms with van der Waals surface area (Å²) in [6.45, 7) is 4.32. The highest BCUT2D eigenvalue weighted by atomic mass is 35.5. The van der Waals surface area contributed by atoms with Gasteiger partial charge in [0, 0.05) is 6.54 Å². The summed E-state index contributed by atoms with van der Waals surface area (Å²) in [5.41, 5.74) is 0.0172. The van der Waals surface area contributed by atoms with Gasteiger partial charge in [-0.2, -0.15) is 0 Å². The first-order valence-corrected chi connectivity index (χ1v) is 6.15. The molecule has 0 fully saturated rings. The highest BCUT2D eigenvalue weighted by Crippen LogP contribution is 2.36. The molecule has 96 valence electrons. The molecule has 1 amide bonds. The van der Waals surface area contributed by atoms with Crippen LogP contribution in [0.2, 0.25) is 5.02 Å². The van der Waals surface area contributed by atoms with Crippen LogP contribution in [0.25, 0.3) is 0 Å². The molecule has 1 heterocycles. The van der Waals surface area contributed by atoms with Crippen LogP contribution in [0, 0.1) is 11.7 Å². The van der Waals surface area contributed by atoms with Gasteiger partial charge in [-0.1, -0.05) is 25.4 Å². The van der Waals surface area contributed by atoms with E-state index in [1.165, 1.54) is 17.0 Å². The first kappa shape index (κ1) is 13.0. The molecule has 0 radical (unpaired) electrons. The van der Waals surface area contributed by atoms with Gasteiger partial charge in [0.15, 0.2) is 0 Å². The Labute approximate surface area is 110 Å². The zero-order chi connectivity index (χ0) is 13.4. The lowest BCUT2D eigenvalue weighted by molar-refractivity contribution is -0.114. The van der Waals surface area contributed by atoms with Crippen molar-refractivity contribution < 1.29 is 14.0 Å². The number of hydrogen-bond donors (Lipinski definition) is 0. The lowest BCUT2D eigenvalue weighted by atomic mass is 10.1. The molecule has 3 nitrogen and oxygen atoms in total. The quantitative estimate of drug-likeness (QED) is 0.791. The van der Waals surface area contributed by atoms with Crippen molar-refractivity contribution in [2.45, 2.75) is 20.3 Å². The molecule has 0 unspecified atom stereocenters. The third-order valence-corrected chi connectivity index (χ3v) is 3.26. The lowest BCUT2D eigenvalue weighted by Gasteiger charge is -2.18. The SMILES string of the molecule is CC(C)CCN1C(=O)C(=O)c2c(Cl)ccc(F)c21. The minimum atomic E-state index is -0.724. The highest BCUT2D eigenvalue weighted by molar-refractivity contribution is 6.55. The van der Waals surface area contributed by atoms with Crippen molar-refractivity contribution in [3.8, 4) is 0 Å². The number of halogens is 2. The van der Waals surface area contributed by atoms with Crippen LogP contribution >= 0.6 is 11.6 Å². The van der Waals surface area contributed by atoms with E-state index in [-0.39, 0.29) is 16.3 Å². The van der Waals surface area contributed by atoms with E-state index < -0.39 is 17.5 Å². The van der Waals surface area contributed by atoms with Crippen LogP contribution in [-0.2, 0) is 4.79 Å². The second kappa shape index (κ2) is 4.69. The number of amides is 1. The number of anilines is 1. The standard InChI is InChI=1S/C13H13ClFNO2/c1-7(2)5-6-16-11-9(15)4-3-8(14)10(11)12(17)13(16)18/h3-4,7H,5-6H2,1-2H3. The Kier molecular flexibility index (Phi) is 3.39. The van der Waals surface area contributed by atoms with Crippen LogP contribution < -0.4 is 4.90 Å². The topological polar surface area (TPSA) is 37.4 Å². The van der Waals surface area contributed by atoms with Crippen molar-refractivity contribution in [3.05, 3.63) is 28.5 Å². The molecule has 0 saturated heterocycles. The fourth-order valence-corrected chi connectivity index (χ4v) is 2.19. The molecule has 0 atom stereocenters. The van der Waals surface area contributed by atoms with E-state index in [1.54, 1.807) is 0 Å². The maximum atomic E-state index is 13.8. The van der Waals surface area contributed by atoms with Crippen molar-refractivity contribution in [1.82, 2.24) is 0 Å². The van der Waals surface area contributed by atoms with Crippen LogP contribution in [0.4, 0.5) is 10.1 Å². The van der Waals surface area contributed by atoms with E-state index in [9.17, 15) is 14.0 Å². The smallest absolute Gasteiger partial charge is 0.299 e. The first-order valence-electron chi connectivity index (χ1n) is 5.77. The van der Waals surface area contributed by atoms with E-state index >= 15 is 0 Å². The largest absolute Gasteiger partial charge is 0.302 e. The Morgan fingerprint density at radius 3 is 2.61 bits per heavy atom. The fraction of sp³-hybridized carbons (Fsp3) is 0.385. The third-order valence-electron chi connectivity index (χ3n) is 2.94. The van der Waals surface area contributed by atoms with Gasteiger partial charge in [-0.15, -0.1) is 0 Å². The van der Waals surface area contributed by atoms with Gasteiger partial charge < -0.3 is 4.90 Å². The predicted molar refractivity (Wildman–Crippen MR) is 67.5 cm³/mol. The van der Waals surface area contributed by atoms with Gasteiger partial charge in [-0.3, -0.25) is 9.59 Å². The lowest BCUT2D eigenvalue weighted by Crippen LogP contribution is -2.31. The van der Waals surface area contributed by atoms with Crippen LogP contribution in [-0.4, -0.2) is 18.2 Å². The van der Waals surface area contributed by atoms with Crippen LogP contribution in [0.15, 0.2) is 12.1 Å². The summed E-state index contributed by atoms with van der Waals surface area (Å²) in [4.78, 5) is 24.8. The normalized spacial score (nSPS) is 14.6. The Bertz CT molecular complexity index is 528. The summed E-state index contributed by atoms with van der Waals surface area (Å²) in [6.07, 6.45) is 0.699. The Hall–Kier alpha value is -1.42. The Balaban J connectivity index is 2.45. The summed E-state index contributed by atoms with van der Waals surface area (Å²) in [6, 6.07) is 2.47. The molecular weight excluding hydrogens is 257 g/mol. The molecule has 0 aromatic heterocycles. The average Bonchev–Trinajstić information content (AvgIpc) is 2.56. The number of benzene rings is 1. The molecule has 18 heavy (non-hydrogen) atoms. The van der Waals surface area contributed by atoms with Gasteiger partial charge in [0.2, 0.25) is 0 Å². The summed E-state index contributed by atoms with van der Waals surface area (Å²) >= 11 is 5.86. The minimum absolute atomic E-state index is 0.00887. The molecule has 5 heteroatoms. The Morgan fingerprint density at radius 1 is 1.33 bits per heavy atom. The van der Waals surface area contributed by atoms with Crippen LogP contribution in [0.1, 0.15) is 30.6 Å². The maximum absolute atomic E-state index is 13.8. The van der Waals surface area contributed by atoms with E-state index in [0.29, 0.717) is 18.9 Å².